The molecule has 0 N–H and O–H groups in total. The van der Waals surface area contributed by atoms with Gasteiger partial charge >= 0.3 is 0 Å². The van der Waals surface area contributed by atoms with E-state index in [4.69, 9.17) is 10.00 Å². The minimum absolute atomic E-state index is 0.0906. The number of rotatable bonds is 6. The smallest absolute Gasteiger partial charge is 0.253 e. The van der Waals surface area contributed by atoms with Gasteiger partial charge in [-0.2, -0.15) is 5.26 Å². The first-order chi connectivity index (χ1) is 8.69. The summed E-state index contributed by atoms with van der Waals surface area (Å²) < 4.78 is 5.48. The number of carbonyl (C=O) groups excluding carboxylic acids is 1. The summed E-state index contributed by atoms with van der Waals surface area (Å²) in [7, 11) is 1.69. The zero-order valence-electron chi connectivity index (χ0n) is 10.8. The van der Waals surface area contributed by atoms with Gasteiger partial charge in [0.2, 0.25) is 0 Å². The van der Waals surface area contributed by atoms with E-state index in [0.29, 0.717) is 30.9 Å². The second-order valence-corrected chi connectivity index (χ2v) is 4.01. The highest BCUT2D eigenvalue weighted by Crippen LogP contribution is 2.15. The molecule has 1 aromatic carbocycles. The van der Waals surface area contributed by atoms with Crippen molar-refractivity contribution in [3.8, 4) is 11.8 Å². The predicted molar refractivity (Wildman–Crippen MR) is 69.4 cm³/mol. The van der Waals surface area contributed by atoms with Crippen molar-refractivity contribution in [3.05, 3.63) is 29.8 Å². The van der Waals surface area contributed by atoms with Gasteiger partial charge < -0.3 is 9.64 Å². The monoisotopic (exact) mass is 246 g/mol. The average molecular weight is 246 g/mol. The molecule has 0 atom stereocenters. The predicted octanol–water partition coefficient (Wildman–Crippen LogP) is 2.46. The lowest BCUT2D eigenvalue weighted by Crippen LogP contribution is -2.27. The number of hydrogen-bond acceptors (Lipinski definition) is 3. The van der Waals surface area contributed by atoms with Gasteiger partial charge in [-0.15, -0.1) is 0 Å². The van der Waals surface area contributed by atoms with Crippen LogP contribution >= 0.6 is 0 Å². The molecule has 0 aliphatic carbocycles. The van der Waals surface area contributed by atoms with E-state index in [1.807, 2.05) is 19.1 Å². The molecule has 0 unspecified atom stereocenters. The zero-order chi connectivity index (χ0) is 13.4. The number of nitriles is 1. The van der Waals surface area contributed by atoms with Crippen LogP contribution in [0.25, 0.3) is 0 Å². The van der Waals surface area contributed by atoms with Crippen molar-refractivity contribution in [1.29, 1.82) is 5.26 Å². The van der Waals surface area contributed by atoms with Gasteiger partial charge in [0.15, 0.2) is 0 Å². The van der Waals surface area contributed by atoms with E-state index in [9.17, 15) is 4.79 Å². The minimum atomic E-state index is -0.0906. The number of benzene rings is 1. The molecule has 0 bridgehead atoms. The van der Waals surface area contributed by atoms with Crippen LogP contribution in [0.5, 0.6) is 5.75 Å². The number of ether oxygens (including phenoxy) is 1. The minimum Gasteiger partial charge on any atom is -0.494 e. The fourth-order valence-corrected chi connectivity index (χ4v) is 1.48. The third kappa shape index (κ3) is 4.10. The lowest BCUT2D eigenvalue weighted by Gasteiger charge is -2.16. The molecule has 1 aromatic rings. The fourth-order valence-electron chi connectivity index (χ4n) is 1.48. The van der Waals surface area contributed by atoms with Gasteiger partial charge in [0.1, 0.15) is 5.75 Å². The number of carbonyl (C=O) groups is 1. The van der Waals surface area contributed by atoms with Crippen molar-refractivity contribution in [2.75, 3.05) is 20.2 Å². The quantitative estimate of drug-likeness (QED) is 0.774. The van der Waals surface area contributed by atoms with Crippen LogP contribution in [0.2, 0.25) is 0 Å². The second-order valence-electron chi connectivity index (χ2n) is 4.01. The lowest BCUT2D eigenvalue weighted by atomic mass is 10.2. The van der Waals surface area contributed by atoms with Crippen LogP contribution in [-0.4, -0.2) is 31.0 Å². The van der Waals surface area contributed by atoms with Gasteiger partial charge in [-0.3, -0.25) is 4.79 Å². The molecule has 0 heterocycles. The molecule has 4 heteroatoms. The summed E-state index contributed by atoms with van der Waals surface area (Å²) in [6, 6.07) is 9.15. The van der Waals surface area contributed by atoms with Gasteiger partial charge in [-0.1, -0.05) is 13.0 Å². The van der Waals surface area contributed by atoms with Crippen molar-refractivity contribution in [1.82, 2.24) is 4.90 Å². The maximum Gasteiger partial charge on any atom is 0.253 e. The molecule has 0 saturated carbocycles. The Kier molecular flexibility index (Phi) is 5.72. The second kappa shape index (κ2) is 7.33. The molecule has 18 heavy (non-hydrogen) atoms. The van der Waals surface area contributed by atoms with Crippen LogP contribution < -0.4 is 4.74 Å². The first-order valence-corrected chi connectivity index (χ1v) is 6.04. The Balaban J connectivity index is 2.70. The molecule has 1 amide bonds. The Morgan fingerprint density at radius 3 is 2.94 bits per heavy atom. The van der Waals surface area contributed by atoms with E-state index < -0.39 is 0 Å². The third-order valence-electron chi connectivity index (χ3n) is 2.46. The van der Waals surface area contributed by atoms with E-state index >= 15 is 0 Å². The van der Waals surface area contributed by atoms with Crippen molar-refractivity contribution in [2.45, 2.75) is 19.8 Å². The van der Waals surface area contributed by atoms with Crippen LogP contribution in [-0.2, 0) is 0 Å². The summed E-state index contributed by atoms with van der Waals surface area (Å²) in [5.74, 6) is 0.614. The van der Waals surface area contributed by atoms with Crippen molar-refractivity contribution in [2.24, 2.45) is 0 Å². The van der Waals surface area contributed by atoms with Crippen LogP contribution in [0.4, 0.5) is 0 Å². The van der Waals surface area contributed by atoms with Gasteiger partial charge in [-0.25, -0.2) is 0 Å². The molecule has 0 radical (unpaired) electrons. The van der Waals surface area contributed by atoms with E-state index in [1.54, 1.807) is 30.1 Å². The van der Waals surface area contributed by atoms with Gasteiger partial charge in [0.25, 0.3) is 5.91 Å². The molecule has 0 saturated heterocycles. The summed E-state index contributed by atoms with van der Waals surface area (Å²) in [6.45, 7) is 3.11. The molecular formula is C14H18N2O2. The lowest BCUT2D eigenvalue weighted by molar-refractivity contribution is 0.0797. The van der Waals surface area contributed by atoms with Gasteiger partial charge in [0, 0.05) is 19.2 Å². The Morgan fingerprint density at radius 1 is 1.50 bits per heavy atom. The zero-order valence-corrected chi connectivity index (χ0v) is 10.8. The Bertz CT molecular complexity index is 438. The molecular weight excluding hydrogens is 228 g/mol. The van der Waals surface area contributed by atoms with Gasteiger partial charge in [-0.05, 0) is 24.6 Å². The maximum absolute atomic E-state index is 12.0. The summed E-state index contributed by atoms with van der Waals surface area (Å²) >= 11 is 0. The molecule has 0 aliphatic rings. The molecule has 0 aliphatic heterocycles. The largest absolute Gasteiger partial charge is 0.494 e. The molecule has 0 spiro atoms. The molecule has 1 rings (SSSR count). The van der Waals surface area contributed by atoms with Crippen molar-refractivity contribution < 1.29 is 9.53 Å². The Hall–Kier alpha value is -2.02. The van der Waals surface area contributed by atoms with Crippen LogP contribution in [0, 0.1) is 11.3 Å². The highest BCUT2D eigenvalue weighted by molar-refractivity contribution is 5.94. The molecule has 0 aromatic heterocycles. The molecule has 4 nitrogen and oxygen atoms in total. The van der Waals surface area contributed by atoms with Crippen LogP contribution in [0.3, 0.4) is 0 Å². The van der Waals surface area contributed by atoms with Crippen molar-refractivity contribution in [3.63, 3.8) is 0 Å². The first kappa shape index (κ1) is 14.0. The van der Waals surface area contributed by atoms with Crippen LogP contribution in [0.1, 0.15) is 30.1 Å². The maximum atomic E-state index is 12.0. The number of amides is 1. The standard InChI is InChI=1S/C14H18N2O2/c1-3-10-18-13-7-4-6-12(11-13)14(17)16(2)9-5-8-15/h4,6-7,11H,3,5,9-10H2,1-2H3. The topological polar surface area (TPSA) is 53.3 Å². The van der Waals surface area contributed by atoms with Crippen molar-refractivity contribution >= 4 is 5.91 Å². The summed E-state index contributed by atoms with van der Waals surface area (Å²) in [6.07, 6.45) is 1.27. The van der Waals surface area contributed by atoms with E-state index in [1.165, 1.54) is 0 Å². The van der Waals surface area contributed by atoms with Gasteiger partial charge in [0.05, 0.1) is 19.1 Å². The highest BCUT2D eigenvalue weighted by Gasteiger charge is 2.11. The fraction of sp³-hybridized carbons (Fsp3) is 0.429. The first-order valence-electron chi connectivity index (χ1n) is 6.04. The molecule has 0 fully saturated rings. The Labute approximate surface area is 108 Å². The third-order valence-corrected chi connectivity index (χ3v) is 2.46. The van der Waals surface area contributed by atoms with E-state index in [-0.39, 0.29) is 5.91 Å². The summed E-state index contributed by atoms with van der Waals surface area (Å²) in [5, 5.41) is 8.50. The average Bonchev–Trinajstić information content (AvgIpc) is 2.42. The molecule has 96 valence electrons. The normalized spacial score (nSPS) is 9.61. The van der Waals surface area contributed by atoms with E-state index in [0.717, 1.165) is 6.42 Å². The Morgan fingerprint density at radius 2 is 2.28 bits per heavy atom. The highest BCUT2D eigenvalue weighted by atomic mass is 16.5. The summed E-state index contributed by atoms with van der Waals surface area (Å²) in [4.78, 5) is 13.6. The number of hydrogen-bond donors (Lipinski definition) is 0. The number of nitrogens with zero attached hydrogens (tertiary/aromatic N) is 2. The SMILES string of the molecule is CCCOc1cccc(C(=O)N(C)CCC#N)c1. The van der Waals surface area contributed by atoms with E-state index in [2.05, 4.69) is 0 Å². The van der Waals surface area contributed by atoms with Crippen LogP contribution in [0.15, 0.2) is 24.3 Å². The summed E-state index contributed by atoms with van der Waals surface area (Å²) in [5.41, 5.74) is 0.587.